The molecule has 0 aliphatic heterocycles. The summed E-state index contributed by atoms with van der Waals surface area (Å²) >= 11 is 4.37. The summed E-state index contributed by atoms with van der Waals surface area (Å²) in [5, 5.41) is 24.6. The molecule has 1 fully saturated rings. The number of aliphatic hydroxyl groups excluding tert-OH is 2. The van der Waals surface area contributed by atoms with Crippen LogP contribution in [0.2, 0.25) is 5.02 Å². The number of rotatable bonds is 3. The molecule has 9 nitrogen and oxygen atoms in total. The Morgan fingerprint density at radius 1 is 1.26 bits per heavy atom. The molecule has 1 unspecified atom stereocenters. The number of halogens is 1. The van der Waals surface area contributed by atoms with Crippen LogP contribution in [0.1, 0.15) is 12.5 Å². The minimum Gasteiger partial charge on any atom is -0.611 e. The van der Waals surface area contributed by atoms with Crippen LogP contribution >= 0.6 is 11.6 Å². The Morgan fingerprint density at radius 2 is 2.00 bits per heavy atom. The van der Waals surface area contributed by atoms with Gasteiger partial charge in [-0.15, -0.1) is 0 Å². The topological polar surface area (TPSA) is 148 Å². The molecule has 1 aliphatic rings. The third kappa shape index (κ3) is 3.09. The Bertz CT molecular complexity index is 1020. The fraction of sp³-hybridized carbons (Fsp3) is 0.312. The molecule has 0 amide bonds. The third-order valence-corrected chi connectivity index (χ3v) is 6.80. The zero-order chi connectivity index (χ0) is 19.1. The highest BCUT2D eigenvalue weighted by Crippen LogP contribution is 2.38. The van der Waals surface area contributed by atoms with Crippen LogP contribution in [0.25, 0.3) is 11.2 Å². The first-order chi connectivity index (χ1) is 13.0. The van der Waals surface area contributed by atoms with Crippen LogP contribution in [0, 0.1) is 0 Å². The normalized spacial score (nSPS) is 27.3. The standard InChI is InChI=1S/C16H17ClN6O3S/c17-8-1-3-9(4-2-8)27(26)11-5-10(13(24)14(11)25)23-7-21-12-15(22-18)19-6-20-16(12)23/h1-4,6-7,10-11,13-14,24-25H,5,18H2,(H,19,20,22)/t10-,11+,13+,14-,27?/m1/s1. The molecule has 4 rings (SSSR count). The number of hydrogen-bond acceptors (Lipinski definition) is 7. The number of aliphatic hydroxyl groups is 2. The summed E-state index contributed by atoms with van der Waals surface area (Å²) in [7, 11) is 0. The first kappa shape index (κ1) is 18.3. The predicted octanol–water partition coefficient (Wildman–Crippen LogP) is 0.0302. The molecule has 1 aromatic carbocycles. The second kappa shape index (κ2) is 7.13. The maximum atomic E-state index is 12.9. The molecule has 1 saturated carbocycles. The van der Waals surface area contributed by atoms with Crippen LogP contribution in [0.3, 0.4) is 0 Å². The van der Waals surface area contributed by atoms with E-state index in [9.17, 15) is 14.8 Å². The highest BCUT2D eigenvalue weighted by atomic mass is 35.5. The first-order valence-corrected chi connectivity index (χ1v) is 9.76. The van der Waals surface area contributed by atoms with Gasteiger partial charge in [-0.05, 0) is 35.4 Å². The van der Waals surface area contributed by atoms with Crippen molar-refractivity contribution in [3.05, 3.63) is 47.4 Å². The molecule has 2 heterocycles. The summed E-state index contributed by atoms with van der Waals surface area (Å²) in [6, 6.07) is 6.09. The Hall–Kier alpha value is -2.11. The zero-order valence-corrected chi connectivity index (χ0v) is 15.5. The van der Waals surface area contributed by atoms with Gasteiger partial charge >= 0.3 is 0 Å². The molecular formula is C16H17ClN6O3S. The van der Waals surface area contributed by atoms with Crippen molar-refractivity contribution in [3.8, 4) is 0 Å². The third-order valence-electron chi connectivity index (χ3n) is 4.79. The van der Waals surface area contributed by atoms with E-state index in [0.717, 1.165) is 0 Å². The molecule has 1 aliphatic carbocycles. The number of aromatic amines is 1. The number of nitrogens with one attached hydrogen (secondary N) is 1. The lowest BCUT2D eigenvalue weighted by atomic mass is 10.2. The van der Waals surface area contributed by atoms with Crippen LogP contribution in [-0.2, 0) is 11.2 Å². The van der Waals surface area contributed by atoms with Crippen molar-refractivity contribution in [1.82, 2.24) is 19.5 Å². The van der Waals surface area contributed by atoms with Gasteiger partial charge in [-0.25, -0.2) is 9.97 Å². The van der Waals surface area contributed by atoms with Gasteiger partial charge in [-0.1, -0.05) is 11.6 Å². The lowest BCUT2D eigenvalue weighted by molar-refractivity contribution is 0.0251. The van der Waals surface area contributed by atoms with Crippen molar-refractivity contribution in [2.24, 2.45) is 10.9 Å². The fourth-order valence-electron chi connectivity index (χ4n) is 3.43. The van der Waals surface area contributed by atoms with E-state index in [1.807, 2.05) is 0 Å². The minimum absolute atomic E-state index is 0.261. The number of benzene rings is 1. The van der Waals surface area contributed by atoms with Gasteiger partial charge in [-0.2, -0.15) is 5.10 Å². The van der Waals surface area contributed by atoms with Crippen molar-refractivity contribution < 1.29 is 14.8 Å². The molecule has 27 heavy (non-hydrogen) atoms. The van der Waals surface area contributed by atoms with E-state index in [-0.39, 0.29) is 5.49 Å². The Morgan fingerprint density at radius 3 is 2.70 bits per heavy atom. The monoisotopic (exact) mass is 408 g/mol. The average Bonchev–Trinajstić information content (AvgIpc) is 3.23. The molecule has 0 radical (unpaired) electrons. The number of fused-ring (bicyclic) bond motifs is 1. The van der Waals surface area contributed by atoms with Gasteiger partial charge in [0, 0.05) is 11.4 Å². The van der Waals surface area contributed by atoms with E-state index in [4.69, 9.17) is 17.4 Å². The smallest absolute Gasteiger partial charge is 0.202 e. The highest BCUT2D eigenvalue weighted by Gasteiger charge is 2.49. The van der Waals surface area contributed by atoms with Crippen LogP contribution in [0.5, 0.6) is 0 Å². The number of nitrogens with zero attached hydrogens (tertiary/aromatic N) is 4. The summed E-state index contributed by atoms with van der Waals surface area (Å²) in [4.78, 5) is 11.7. The van der Waals surface area contributed by atoms with E-state index in [1.54, 1.807) is 28.8 Å². The van der Waals surface area contributed by atoms with E-state index >= 15 is 0 Å². The summed E-state index contributed by atoms with van der Waals surface area (Å²) < 4.78 is 14.6. The van der Waals surface area contributed by atoms with Crippen molar-refractivity contribution in [1.29, 1.82) is 0 Å². The number of hydrogen-bond donors (Lipinski definition) is 4. The summed E-state index contributed by atoms with van der Waals surface area (Å²) in [6.45, 7) is 0. The summed E-state index contributed by atoms with van der Waals surface area (Å²) in [6.07, 6.45) is 0.987. The van der Waals surface area contributed by atoms with Gasteiger partial charge in [0.25, 0.3) is 0 Å². The number of nitrogens with two attached hydrogens (primary N) is 1. The number of imidazole rings is 1. The minimum atomic E-state index is -1.50. The molecule has 0 bridgehead atoms. The lowest BCUT2D eigenvalue weighted by Gasteiger charge is -2.20. The van der Waals surface area contributed by atoms with Gasteiger partial charge in [0.1, 0.15) is 17.9 Å². The molecule has 5 atom stereocenters. The van der Waals surface area contributed by atoms with E-state index in [0.29, 0.717) is 27.5 Å². The van der Waals surface area contributed by atoms with E-state index < -0.39 is 34.7 Å². The van der Waals surface area contributed by atoms with Gasteiger partial charge in [0.2, 0.25) is 5.49 Å². The Kier molecular flexibility index (Phi) is 4.82. The maximum absolute atomic E-state index is 12.9. The zero-order valence-electron chi connectivity index (χ0n) is 13.9. The Labute approximate surface area is 161 Å². The quantitative estimate of drug-likeness (QED) is 0.273. The largest absolute Gasteiger partial charge is 0.611 e. The fourth-order valence-corrected chi connectivity index (χ4v) is 5.10. The molecular weight excluding hydrogens is 392 g/mol. The van der Waals surface area contributed by atoms with E-state index in [1.165, 1.54) is 12.7 Å². The average molecular weight is 409 g/mol. The second-order valence-corrected chi connectivity index (χ2v) is 8.39. The van der Waals surface area contributed by atoms with Gasteiger partial charge in [0.05, 0.1) is 18.7 Å². The highest BCUT2D eigenvalue weighted by molar-refractivity contribution is 7.92. The molecule has 11 heteroatoms. The Balaban J connectivity index is 1.67. The van der Waals surface area contributed by atoms with Crippen LogP contribution in [0.4, 0.5) is 0 Å². The van der Waals surface area contributed by atoms with E-state index in [2.05, 4.69) is 20.1 Å². The number of H-pyrrole nitrogens is 1. The second-order valence-electron chi connectivity index (χ2n) is 6.28. The van der Waals surface area contributed by atoms with Crippen molar-refractivity contribution in [2.45, 2.75) is 34.8 Å². The summed E-state index contributed by atoms with van der Waals surface area (Å²) in [5.41, 5.74) is 1.27. The molecule has 5 N–H and O–H groups in total. The van der Waals surface area contributed by atoms with Crippen LogP contribution < -0.4 is 11.3 Å². The molecule has 142 valence electrons. The lowest BCUT2D eigenvalue weighted by Crippen LogP contribution is -2.35. The first-order valence-electron chi connectivity index (χ1n) is 8.17. The van der Waals surface area contributed by atoms with Gasteiger partial charge in [0.15, 0.2) is 15.7 Å². The van der Waals surface area contributed by atoms with Gasteiger partial charge < -0.3 is 30.2 Å². The van der Waals surface area contributed by atoms with Gasteiger partial charge in [-0.3, -0.25) is 0 Å². The predicted molar refractivity (Wildman–Crippen MR) is 98.9 cm³/mol. The van der Waals surface area contributed by atoms with Crippen molar-refractivity contribution in [2.75, 3.05) is 0 Å². The molecule has 0 spiro atoms. The summed E-state index contributed by atoms with van der Waals surface area (Å²) in [5.74, 6) is 5.33. The SMILES string of the molecule is N/N=c1/nc[nH]c2c1ncn2[C@@H]1C[C@H]([S+]([O-])c2ccc(Cl)cc2)[C@@H](O)[C@H]1O. The number of aromatic nitrogens is 4. The molecule has 2 aromatic heterocycles. The van der Waals surface area contributed by atoms with Crippen molar-refractivity contribution in [3.63, 3.8) is 0 Å². The van der Waals surface area contributed by atoms with Crippen LogP contribution in [-0.4, -0.2) is 51.7 Å². The molecule has 3 aromatic rings. The van der Waals surface area contributed by atoms with Crippen molar-refractivity contribution >= 4 is 33.9 Å². The molecule has 0 saturated heterocycles. The van der Waals surface area contributed by atoms with Crippen LogP contribution in [0.15, 0.2) is 46.9 Å². The maximum Gasteiger partial charge on any atom is 0.202 e.